The third-order valence-electron chi connectivity index (χ3n) is 2.55. The summed E-state index contributed by atoms with van der Waals surface area (Å²) in [5.41, 5.74) is 0.997. The third-order valence-corrected chi connectivity index (χ3v) is 5.46. The van der Waals surface area contributed by atoms with Crippen LogP contribution >= 0.6 is 11.3 Å². The molecule has 0 bridgehead atoms. The minimum atomic E-state index is -3.39. The van der Waals surface area contributed by atoms with Crippen LogP contribution in [0.1, 0.15) is 19.4 Å². The standard InChI is InChI=1S/C12H22N2O3S2/c1-4-13-7-11-5-12(18-9-11)19(15,16)14-6-10(2)8-17-3/h5,9-10,13-14H,4,6-8H2,1-3H3. The van der Waals surface area contributed by atoms with Crippen LogP contribution in [0.2, 0.25) is 0 Å². The van der Waals surface area contributed by atoms with E-state index in [2.05, 4.69) is 10.0 Å². The Labute approximate surface area is 119 Å². The molecule has 1 unspecified atom stereocenters. The average Bonchev–Trinajstić information content (AvgIpc) is 2.84. The van der Waals surface area contributed by atoms with Crippen molar-refractivity contribution in [2.75, 3.05) is 26.8 Å². The summed E-state index contributed by atoms with van der Waals surface area (Å²) in [6, 6.07) is 1.72. The van der Waals surface area contributed by atoms with Crippen LogP contribution < -0.4 is 10.0 Å². The quantitative estimate of drug-likeness (QED) is 0.724. The molecule has 1 rings (SSSR count). The van der Waals surface area contributed by atoms with Crippen LogP contribution in [-0.2, 0) is 21.3 Å². The molecule has 2 N–H and O–H groups in total. The Morgan fingerprint density at radius 3 is 2.84 bits per heavy atom. The second-order valence-corrected chi connectivity index (χ2v) is 7.37. The van der Waals surface area contributed by atoms with Crippen molar-refractivity contribution in [2.45, 2.75) is 24.6 Å². The molecule has 1 aromatic rings. The topological polar surface area (TPSA) is 67.4 Å². The van der Waals surface area contributed by atoms with E-state index >= 15 is 0 Å². The minimum absolute atomic E-state index is 0.154. The van der Waals surface area contributed by atoms with Crippen LogP contribution in [0.15, 0.2) is 15.7 Å². The molecular weight excluding hydrogens is 284 g/mol. The van der Waals surface area contributed by atoms with E-state index in [-0.39, 0.29) is 5.92 Å². The second kappa shape index (κ2) is 7.96. The Kier molecular flexibility index (Phi) is 6.95. The highest BCUT2D eigenvalue weighted by Gasteiger charge is 2.17. The largest absolute Gasteiger partial charge is 0.384 e. The summed E-state index contributed by atoms with van der Waals surface area (Å²) in [5, 5.41) is 5.04. The number of rotatable bonds is 9. The Hall–Kier alpha value is -0.470. The lowest BCUT2D eigenvalue weighted by Gasteiger charge is -2.10. The number of sulfonamides is 1. The van der Waals surface area contributed by atoms with E-state index in [1.54, 1.807) is 13.2 Å². The van der Waals surface area contributed by atoms with Gasteiger partial charge in [0.05, 0.1) is 0 Å². The first kappa shape index (κ1) is 16.6. The maximum Gasteiger partial charge on any atom is 0.250 e. The SMILES string of the molecule is CCNCc1csc(S(=O)(=O)NCC(C)COC)c1. The number of hydrogen-bond acceptors (Lipinski definition) is 5. The molecule has 0 aromatic carbocycles. The molecule has 0 aliphatic carbocycles. The summed E-state index contributed by atoms with van der Waals surface area (Å²) in [6.45, 7) is 6.45. The fourth-order valence-corrected chi connectivity index (χ4v) is 3.94. The van der Waals surface area contributed by atoms with Gasteiger partial charge in [-0.25, -0.2) is 13.1 Å². The van der Waals surface area contributed by atoms with Gasteiger partial charge in [-0.3, -0.25) is 0 Å². The lowest BCUT2D eigenvalue weighted by atomic mass is 10.2. The fraction of sp³-hybridized carbons (Fsp3) is 0.667. The Morgan fingerprint density at radius 2 is 2.21 bits per heavy atom. The predicted octanol–water partition coefficient (Wildman–Crippen LogP) is 1.42. The van der Waals surface area contributed by atoms with Gasteiger partial charge < -0.3 is 10.1 Å². The predicted molar refractivity (Wildman–Crippen MR) is 77.9 cm³/mol. The van der Waals surface area contributed by atoms with Crippen molar-refractivity contribution in [2.24, 2.45) is 5.92 Å². The molecule has 0 spiro atoms. The summed E-state index contributed by atoms with van der Waals surface area (Å²) in [4.78, 5) is 0. The minimum Gasteiger partial charge on any atom is -0.384 e. The Balaban J connectivity index is 2.59. The number of thiophene rings is 1. The van der Waals surface area contributed by atoms with Crippen LogP contribution in [0.25, 0.3) is 0 Å². The summed E-state index contributed by atoms with van der Waals surface area (Å²) in [7, 11) is -1.78. The van der Waals surface area contributed by atoms with Crippen molar-refractivity contribution in [3.8, 4) is 0 Å². The Bertz CT molecular complexity index is 471. The highest BCUT2D eigenvalue weighted by Crippen LogP contribution is 2.20. The summed E-state index contributed by atoms with van der Waals surface area (Å²) >= 11 is 1.25. The van der Waals surface area contributed by atoms with Crippen LogP contribution in [0, 0.1) is 5.92 Å². The zero-order chi connectivity index (χ0) is 14.3. The monoisotopic (exact) mass is 306 g/mol. The number of nitrogens with one attached hydrogen (secondary N) is 2. The van der Waals surface area contributed by atoms with Gasteiger partial charge in [0.2, 0.25) is 10.0 Å². The zero-order valence-electron chi connectivity index (χ0n) is 11.6. The molecule has 7 heteroatoms. The molecule has 19 heavy (non-hydrogen) atoms. The van der Waals surface area contributed by atoms with E-state index in [4.69, 9.17) is 4.74 Å². The second-order valence-electron chi connectivity index (χ2n) is 4.47. The molecule has 110 valence electrons. The maximum absolute atomic E-state index is 12.1. The van der Waals surface area contributed by atoms with E-state index in [1.807, 2.05) is 19.2 Å². The Morgan fingerprint density at radius 1 is 1.47 bits per heavy atom. The van der Waals surface area contributed by atoms with E-state index in [9.17, 15) is 8.42 Å². The van der Waals surface area contributed by atoms with Crippen molar-refractivity contribution >= 4 is 21.4 Å². The van der Waals surface area contributed by atoms with Crippen molar-refractivity contribution < 1.29 is 13.2 Å². The van der Waals surface area contributed by atoms with Crippen molar-refractivity contribution in [1.82, 2.24) is 10.0 Å². The van der Waals surface area contributed by atoms with E-state index in [0.717, 1.165) is 12.1 Å². The molecule has 5 nitrogen and oxygen atoms in total. The smallest absolute Gasteiger partial charge is 0.250 e. The van der Waals surface area contributed by atoms with Crippen molar-refractivity contribution in [3.63, 3.8) is 0 Å². The van der Waals surface area contributed by atoms with E-state index in [1.165, 1.54) is 11.3 Å². The van der Waals surface area contributed by atoms with Gasteiger partial charge in [0.1, 0.15) is 4.21 Å². The van der Waals surface area contributed by atoms with Gasteiger partial charge in [-0.2, -0.15) is 0 Å². The van der Waals surface area contributed by atoms with Crippen molar-refractivity contribution in [3.05, 3.63) is 17.0 Å². The molecule has 1 aromatic heterocycles. The normalized spacial score (nSPS) is 13.6. The summed E-state index contributed by atoms with van der Waals surface area (Å²) in [5.74, 6) is 0.154. The van der Waals surface area contributed by atoms with Gasteiger partial charge >= 0.3 is 0 Å². The highest BCUT2D eigenvalue weighted by molar-refractivity contribution is 7.91. The summed E-state index contributed by atoms with van der Waals surface area (Å²) < 4.78 is 32.1. The third kappa shape index (κ3) is 5.58. The van der Waals surface area contributed by atoms with Crippen LogP contribution in [0.5, 0.6) is 0 Å². The number of methoxy groups -OCH3 is 1. The molecule has 0 aliphatic heterocycles. The lowest BCUT2D eigenvalue weighted by molar-refractivity contribution is 0.161. The number of ether oxygens (including phenoxy) is 1. The molecule has 1 atom stereocenters. The lowest BCUT2D eigenvalue weighted by Crippen LogP contribution is -2.29. The van der Waals surface area contributed by atoms with Gasteiger partial charge in [0.25, 0.3) is 0 Å². The van der Waals surface area contributed by atoms with Crippen LogP contribution in [0.4, 0.5) is 0 Å². The van der Waals surface area contributed by atoms with E-state index in [0.29, 0.717) is 23.9 Å². The number of hydrogen-bond donors (Lipinski definition) is 2. The van der Waals surface area contributed by atoms with Gasteiger partial charge in [0, 0.05) is 26.8 Å². The molecule has 0 fully saturated rings. The molecule has 0 amide bonds. The van der Waals surface area contributed by atoms with Gasteiger partial charge in [-0.05, 0) is 29.5 Å². The summed E-state index contributed by atoms with van der Waals surface area (Å²) in [6.07, 6.45) is 0. The average molecular weight is 306 g/mol. The molecule has 0 radical (unpaired) electrons. The molecule has 0 saturated carbocycles. The zero-order valence-corrected chi connectivity index (χ0v) is 13.2. The van der Waals surface area contributed by atoms with Gasteiger partial charge in [0.15, 0.2) is 0 Å². The fourth-order valence-electron chi connectivity index (χ4n) is 1.52. The molecule has 0 saturated heterocycles. The highest BCUT2D eigenvalue weighted by atomic mass is 32.2. The van der Waals surface area contributed by atoms with Crippen molar-refractivity contribution in [1.29, 1.82) is 0 Å². The molecular formula is C12H22N2O3S2. The van der Waals surface area contributed by atoms with E-state index < -0.39 is 10.0 Å². The van der Waals surface area contributed by atoms with Gasteiger partial charge in [-0.15, -0.1) is 11.3 Å². The van der Waals surface area contributed by atoms with Crippen LogP contribution in [-0.4, -0.2) is 35.2 Å². The molecule has 0 aliphatic rings. The first-order chi connectivity index (χ1) is 8.99. The van der Waals surface area contributed by atoms with Crippen LogP contribution in [0.3, 0.4) is 0 Å². The first-order valence-electron chi connectivity index (χ1n) is 6.26. The molecule has 1 heterocycles. The maximum atomic E-state index is 12.1. The first-order valence-corrected chi connectivity index (χ1v) is 8.62. The van der Waals surface area contributed by atoms with Gasteiger partial charge in [-0.1, -0.05) is 13.8 Å².